The summed E-state index contributed by atoms with van der Waals surface area (Å²) in [7, 11) is 0. The number of ether oxygens (including phenoxy) is 2. The van der Waals surface area contributed by atoms with E-state index in [1.165, 1.54) is 5.56 Å². The van der Waals surface area contributed by atoms with Gasteiger partial charge in [0.2, 0.25) is 0 Å². The number of rotatable bonds is 7. The lowest BCUT2D eigenvalue weighted by atomic mass is 9.79. The lowest BCUT2D eigenvalue weighted by Crippen LogP contribution is -2.50. The Balaban J connectivity index is 2.14. The Bertz CT molecular complexity index is 443. The van der Waals surface area contributed by atoms with Gasteiger partial charge in [0.05, 0.1) is 12.2 Å². The molecule has 3 nitrogen and oxygen atoms in total. The zero-order chi connectivity index (χ0) is 15.3. The Labute approximate surface area is 128 Å². The van der Waals surface area contributed by atoms with Crippen LogP contribution in [0, 0.1) is 0 Å². The number of hydrogen-bond acceptors (Lipinski definition) is 3. The second kappa shape index (κ2) is 7.28. The highest BCUT2D eigenvalue weighted by molar-refractivity contribution is 5.37. The molecule has 2 rings (SSSR count). The van der Waals surface area contributed by atoms with E-state index in [1.807, 2.05) is 6.07 Å². The predicted octanol–water partition coefficient (Wildman–Crippen LogP) is 3.87. The third-order valence-electron chi connectivity index (χ3n) is 4.93. The normalized spacial score (nSPS) is 19.7. The van der Waals surface area contributed by atoms with Crippen molar-refractivity contribution in [2.45, 2.75) is 64.0 Å². The van der Waals surface area contributed by atoms with E-state index in [0.29, 0.717) is 5.92 Å². The molecule has 0 radical (unpaired) electrons. The van der Waals surface area contributed by atoms with Crippen molar-refractivity contribution in [3.63, 3.8) is 0 Å². The molecule has 2 atom stereocenters. The first kappa shape index (κ1) is 16.3. The zero-order valence-electron chi connectivity index (χ0n) is 13.6. The van der Waals surface area contributed by atoms with Crippen molar-refractivity contribution < 1.29 is 9.47 Å². The van der Waals surface area contributed by atoms with Gasteiger partial charge < -0.3 is 15.2 Å². The van der Waals surface area contributed by atoms with Crippen LogP contribution in [0.4, 0.5) is 0 Å². The van der Waals surface area contributed by atoms with Crippen LogP contribution in [-0.4, -0.2) is 24.9 Å². The summed E-state index contributed by atoms with van der Waals surface area (Å²) in [5.41, 5.74) is 7.69. The van der Waals surface area contributed by atoms with E-state index in [0.717, 1.165) is 44.6 Å². The summed E-state index contributed by atoms with van der Waals surface area (Å²) in [4.78, 5) is 0. The molecule has 1 aliphatic rings. The summed E-state index contributed by atoms with van der Waals surface area (Å²) >= 11 is 0. The van der Waals surface area contributed by atoms with Crippen molar-refractivity contribution in [2.75, 3.05) is 13.2 Å². The van der Waals surface area contributed by atoms with Crippen molar-refractivity contribution >= 4 is 0 Å². The largest absolute Gasteiger partial charge is 0.493 e. The third-order valence-corrected chi connectivity index (χ3v) is 4.93. The van der Waals surface area contributed by atoms with Crippen molar-refractivity contribution in [1.82, 2.24) is 0 Å². The Hall–Kier alpha value is -1.06. The standard InChI is InChI=1S/C18H29NO2/c1-4-18(5-2,21-6-3)17(19)13-14-11-12-20-16-10-8-7-9-15(14)16/h7-10,14,17H,4-6,11-13,19H2,1-3H3. The summed E-state index contributed by atoms with van der Waals surface area (Å²) in [6.45, 7) is 7.92. The van der Waals surface area contributed by atoms with E-state index >= 15 is 0 Å². The highest BCUT2D eigenvalue weighted by Gasteiger charge is 2.36. The van der Waals surface area contributed by atoms with E-state index < -0.39 is 0 Å². The number of para-hydroxylation sites is 1. The first-order valence-electron chi connectivity index (χ1n) is 8.28. The maximum absolute atomic E-state index is 6.58. The number of nitrogens with two attached hydrogens (primary N) is 1. The summed E-state index contributed by atoms with van der Waals surface area (Å²) < 4.78 is 11.8. The van der Waals surface area contributed by atoms with Crippen molar-refractivity contribution in [3.8, 4) is 5.75 Å². The molecule has 1 aliphatic heterocycles. The van der Waals surface area contributed by atoms with Gasteiger partial charge in [-0.05, 0) is 50.2 Å². The van der Waals surface area contributed by atoms with E-state index in [2.05, 4.69) is 39.0 Å². The molecule has 1 aromatic rings. The summed E-state index contributed by atoms with van der Waals surface area (Å²) in [5, 5.41) is 0. The fraction of sp³-hybridized carbons (Fsp3) is 0.667. The maximum atomic E-state index is 6.58. The van der Waals surface area contributed by atoms with Gasteiger partial charge in [-0.3, -0.25) is 0 Å². The molecule has 0 aliphatic carbocycles. The van der Waals surface area contributed by atoms with Gasteiger partial charge >= 0.3 is 0 Å². The Morgan fingerprint density at radius 3 is 2.67 bits per heavy atom. The lowest BCUT2D eigenvalue weighted by molar-refractivity contribution is -0.0668. The molecule has 0 aromatic heterocycles. The van der Waals surface area contributed by atoms with Crippen molar-refractivity contribution in [3.05, 3.63) is 29.8 Å². The highest BCUT2D eigenvalue weighted by atomic mass is 16.5. The van der Waals surface area contributed by atoms with Gasteiger partial charge in [-0.2, -0.15) is 0 Å². The highest BCUT2D eigenvalue weighted by Crippen LogP contribution is 2.38. The molecule has 0 saturated carbocycles. The lowest BCUT2D eigenvalue weighted by Gasteiger charge is -2.39. The van der Waals surface area contributed by atoms with Crippen LogP contribution in [0.5, 0.6) is 5.75 Å². The van der Waals surface area contributed by atoms with Crippen LogP contribution in [-0.2, 0) is 4.74 Å². The summed E-state index contributed by atoms with van der Waals surface area (Å²) in [5.74, 6) is 1.50. The number of fused-ring (bicyclic) bond motifs is 1. The zero-order valence-corrected chi connectivity index (χ0v) is 13.6. The van der Waals surface area contributed by atoms with Crippen LogP contribution in [0.15, 0.2) is 24.3 Å². The van der Waals surface area contributed by atoms with Crippen LogP contribution in [0.1, 0.15) is 57.9 Å². The first-order chi connectivity index (χ1) is 10.2. The van der Waals surface area contributed by atoms with Crippen LogP contribution in [0.25, 0.3) is 0 Å². The Kier molecular flexibility index (Phi) is 5.65. The summed E-state index contributed by atoms with van der Waals surface area (Å²) in [6.07, 6.45) is 3.93. The van der Waals surface area contributed by atoms with Crippen molar-refractivity contribution in [2.24, 2.45) is 5.73 Å². The average molecular weight is 291 g/mol. The predicted molar refractivity (Wildman–Crippen MR) is 86.8 cm³/mol. The van der Waals surface area contributed by atoms with Crippen LogP contribution >= 0.6 is 0 Å². The minimum Gasteiger partial charge on any atom is -0.493 e. The molecule has 1 aromatic carbocycles. The molecule has 2 N–H and O–H groups in total. The quantitative estimate of drug-likeness (QED) is 0.829. The molecule has 3 heteroatoms. The smallest absolute Gasteiger partial charge is 0.122 e. The molecule has 0 amide bonds. The van der Waals surface area contributed by atoms with Gasteiger partial charge in [-0.1, -0.05) is 32.0 Å². The SMILES string of the molecule is CCOC(CC)(CC)C(N)CC1CCOc2ccccc21. The van der Waals surface area contributed by atoms with Crippen molar-refractivity contribution in [1.29, 1.82) is 0 Å². The molecule has 118 valence electrons. The maximum Gasteiger partial charge on any atom is 0.122 e. The van der Waals surface area contributed by atoms with E-state index in [-0.39, 0.29) is 11.6 Å². The Morgan fingerprint density at radius 2 is 2.00 bits per heavy atom. The van der Waals surface area contributed by atoms with Gasteiger partial charge in [-0.25, -0.2) is 0 Å². The average Bonchev–Trinajstić information content (AvgIpc) is 2.53. The Morgan fingerprint density at radius 1 is 1.29 bits per heavy atom. The molecule has 0 spiro atoms. The molecule has 2 unspecified atom stereocenters. The number of benzene rings is 1. The van der Waals surface area contributed by atoms with Crippen LogP contribution in [0.3, 0.4) is 0 Å². The van der Waals surface area contributed by atoms with E-state index in [4.69, 9.17) is 15.2 Å². The third kappa shape index (κ3) is 3.41. The number of hydrogen-bond donors (Lipinski definition) is 1. The molecule has 0 saturated heterocycles. The first-order valence-corrected chi connectivity index (χ1v) is 8.28. The molecular weight excluding hydrogens is 262 g/mol. The monoisotopic (exact) mass is 291 g/mol. The summed E-state index contributed by atoms with van der Waals surface area (Å²) in [6, 6.07) is 8.41. The molecular formula is C18H29NO2. The second-order valence-corrected chi connectivity index (χ2v) is 5.92. The molecule has 0 fully saturated rings. The minimum atomic E-state index is -0.192. The van der Waals surface area contributed by atoms with Gasteiger partial charge in [0.25, 0.3) is 0 Å². The fourth-order valence-electron chi connectivity index (χ4n) is 3.56. The van der Waals surface area contributed by atoms with Crippen LogP contribution < -0.4 is 10.5 Å². The topological polar surface area (TPSA) is 44.5 Å². The van der Waals surface area contributed by atoms with E-state index in [1.54, 1.807) is 0 Å². The molecule has 21 heavy (non-hydrogen) atoms. The molecule has 0 bridgehead atoms. The van der Waals surface area contributed by atoms with Gasteiger partial charge in [0.15, 0.2) is 0 Å². The minimum absolute atomic E-state index is 0.0589. The van der Waals surface area contributed by atoms with Gasteiger partial charge in [0, 0.05) is 12.6 Å². The fourth-order valence-corrected chi connectivity index (χ4v) is 3.56. The van der Waals surface area contributed by atoms with Crippen LogP contribution in [0.2, 0.25) is 0 Å². The van der Waals surface area contributed by atoms with Gasteiger partial charge in [-0.15, -0.1) is 0 Å². The van der Waals surface area contributed by atoms with Gasteiger partial charge in [0.1, 0.15) is 5.75 Å². The molecule has 1 heterocycles. The van der Waals surface area contributed by atoms with E-state index in [9.17, 15) is 0 Å². The second-order valence-electron chi connectivity index (χ2n) is 5.92.